The molecule has 0 spiro atoms. The van der Waals surface area contributed by atoms with Gasteiger partial charge in [-0.3, -0.25) is 14.2 Å². The van der Waals surface area contributed by atoms with Gasteiger partial charge in [0.25, 0.3) is 10.1 Å². The van der Waals surface area contributed by atoms with Crippen molar-refractivity contribution in [1.82, 2.24) is 10.4 Å². The van der Waals surface area contributed by atoms with Crippen LogP contribution in [-0.4, -0.2) is 52.4 Å². The summed E-state index contributed by atoms with van der Waals surface area (Å²) in [6.07, 6.45) is 10.7. The first kappa shape index (κ1) is 30.8. The molecule has 1 fully saturated rings. The van der Waals surface area contributed by atoms with Crippen molar-refractivity contribution in [2.75, 3.05) is 5.75 Å². The van der Waals surface area contributed by atoms with Crippen molar-refractivity contribution in [3.63, 3.8) is 0 Å². The normalized spacial score (nSPS) is 19.0. The summed E-state index contributed by atoms with van der Waals surface area (Å²) in [4.78, 5) is 18.6. The van der Waals surface area contributed by atoms with Gasteiger partial charge in [0.1, 0.15) is 0 Å². The van der Waals surface area contributed by atoms with Crippen LogP contribution in [0.25, 0.3) is 0 Å². The number of nitrogens with zero attached hydrogens (tertiary/aromatic N) is 2. The van der Waals surface area contributed by atoms with E-state index < -0.39 is 15.7 Å². The fourth-order valence-electron chi connectivity index (χ4n) is 4.97. The largest absolute Gasteiger partial charge is 0.353 e. The number of rotatable bonds is 15. The SMILES string of the molecule is CC(C)(C#N)ON1C(C)(C)CC(NC(=O)CCCCCCCCCCCS(=O)(=O)O)CC1(C)C. The van der Waals surface area contributed by atoms with Gasteiger partial charge in [0, 0.05) is 23.5 Å². The van der Waals surface area contributed by atoms with E-state index in [1.54, 1.807) is 13.8 Å². The Labute approximate surface area is 207 Å². The molecule has 0 aromatic heterocycles. The number of hydroxylamine groups is 2. The van der Waals surface area contributed by atoms with Gasteiger partial charge in [-0.1, -0.05) is 44.9 Å². The number of hydrogen-bond donors (Lipinski definition) is 2. The zero-order valence-electron chi connectivity index (χ0n) is 22.2. The van der Waals surface area contributed by atoms with Gasteiger partial charge in [0.05, 0.1) is 11.8 Å². The van der Waals surface area contributed by atoms with Crippen LogP contribution in [-0.2, 0) is 19.8 Å². The molecular weight excluding hydrogens is 454 g/mol. The summed E-state index contributed by atoms with van der Waals surface area (Å²) in [6.45, 7) is 11.9. The fraction of sp³-hybridized carbons (Fsp3) is 0.920. The van der Waals surface area contributed by atoms with Crippen molar-refractivity contribution in [2.45, 2.75) is 141 Å². The topological polar surface area (TPSA) is 120 Å². The molecule has 0 unspecified atom stereocenters. The zero-order valence-corrected chi connectivity index (χ0v) is 23.0. The molecule has 0 bridgehead atoms. The molecular formula is C25H47N3O5S. The molecule has 1 amide bonds. The molecule has 1 aliphatic heterocycles. The third kappa shape index (κ3) is 12.0. The van der Waals surface area contributed by atoms with Crippen LogP contribution < -0.4 is 5.32 Å². The van der Waals surface area contributed by atoms with Gasteiger partial charge in [0.15, 0.2) is 5.60 Å². The summed E-state index contributed by atoms with van der Waals surface area (Å²) in [5.74, 6) is -0.0433. The smallest absolute Gasteiger partial charge is 0.264 e. The minimum atomic E-state index is -3.82. The summed E-state index contributed by atoms with van der Waals surface area (Å²) < 4.78 is 30.0. The van der Waals surface area contributed by atoms with Gasteiger partial charge in [-0.15, -0.1) is 0 Å². The second-order valence-corrected chi connectivity index (χ2v) is 13.1. The Morgan fingerprint density at radius 2 is 1.44 bits per heavy atom. The van der Waals surface area contributed by atoms with Crippen molar-refractivity contribution in [3.05, 3.63) is 0 Å². The highest BCUT2D eigenvalue weighted by Gasteiger charge is 2.48. The van der Waals surface area contributed by atoms with E-state index in [4.69, 9.17) is 9.39 Å². The maximum Gasteiger partial charge on any atom is 0.264 e. The minimum absolute atomic E-state index is 0.0726. The lowest BCUT2D eigenvalue weighted by atomic mass is 9.78. The van der Waals surface area contributed by atoms with Crippen molar-refractivity contribution in [1.29, 1.82) is 5.26 Å². The van der Waals surface area contributed by atoms with Gasteiger partial charge in [-0.05, 0) is 67.2 Å². The maximum absolute atomic E-state index is 12.5. The summed E-state index contributed by atoms with van der Waals surface area (Å²) in [5, 5.41) is 14.5. The van der Waals surface area contributed by atoms with E-state index in [0.717, 1.165) is 64.2 Å². The van der Waals surface area contributed by atoms with E-state index in [2.05, 4.69) is 39.1 Å². The van der Waals surface area contributed by atoms with Gasteiger partial charge >= 0.3 is 0 Å². The molecule has 0 aromatic carbocycles. The Morgan fingerprint density at radius 1 is 1.00 bits per heavy atom. The van der Waals surface area contributed by atoms with E-state index in [1.165, 1.54) is 0 Å². The Balaban J connectivity index is 2.26. The maximum atomic E-state index is 12.5. The first-order valence-electron chi connectivity index (χ1n) is 12.7. The van der Waals surface area contributed by atoms with E-state index in [9.17, 15) is 18.5 Å². The molecule has 0 saturated carbocycles. The van der Waals surface area contributed by atoms with Gasteiger partial charge in [-0.2, -0.15) is 18.7 Å². The van der Waals surface area contributed by atoms with Crippen LogP contribution in [0.1, 0.15) is 119 Å². The summed E-state index contributed by atoms with van der Waals surface area (Å²) >= 11 is 0. The third-order valence-electron chi connectivity index (χ3n) is 6.35. The third-order valence-corrected chi connectivity index (χ3v) is 7.16. The van der Waals surface area contributed by atoms with Crippen molar-refractivity contribution in [2.24, 2.45) is 0 Å². The molecule has 1 aliphatic rings. The predicted octanol–water partition coefficient (Wildman–Crippen LogP) is 5.15. The molecule has 1 heterocycles. The molecule has 0 aliphatic carbocycles. The standard InChI is InChI=1S/C25H47N3O5S/c1-23(2)18-21(19-24(3,4)28(23)33-25(5,6)20-26)27-22(29)16-14-12-10-8-7-9-11-13-15-17-34(30,31)32/h21H,7-19H2,1-6H3,(H,27,29)(H,30,31,32). The average molecular weight is 502 g/mol. The molecule has 2 N–H and O–H groups in total. The summed E-state index contributed by atoms with van der Waals surface area (Å²) in [7, 11) is -3.82. The summed E-state index contributed by atoms with van der Waals surface area (Å²) in [6, 6.07) is 2.28. The molecule has 198 valence electrons. The van der Waals surface area contributed by atoms with Crippen LogP contribution in [0.5, 0.6) is 0 Å². The van der Waals surface area contributed by atoms with Crippen LogP contribution in [0.15, 0.2) is 0 Å². The second kappa shape index (κ2) is 13.2. The highest BCUT2D eigenvalue weighted by atomic mass is 32.2. The highest BCUT2D eigenvalue weighted by Crippen LogP contribution is 2.40. The van der Waals surface area contributed by atoms with E-state index >= 15 is 0 Å². The molecule has 9 heteroatoms. The number of piperidine rings is 1. The van der Waals surface area contributed by atoms with Crippen LogP contribution in [0.2, 0.25) is 0 Å². The lowest BCUT2D eigenvalue weighted by Crippen LogP contribution is -2.65. The summed E-state index contributed by atoms with van der Waals surface area (Å²) in [5.41, 5.74) is -1.55. The van der Waals surface area contributed by atoms with Crippen LogP contribution in [0.3, 0.4) is 0 Å². The number of unbranched alkanes of at least 4 members (excludes halogenated alkanes) is 8. The highest BCUT2D eigenvalue weighted by molar-refractivity contribution is 7.85. The number of nitrogens with one attached hydrogen (secondary N) is 1. The quantitative estimate of drug-likeness (QED) is 0.235. The van der Waals surface area contributed by atoms with Gasteiger partial charge < -0.3 is 5.32 Å². The Hall–Kier alpha value is -1.21. The molecule has 0 atom stereocenters. The average Bonchev–Trinajstić information content (AvgIpc) is 2.67. The van der Waals surface area contributed by atoms with E-state index in [0.29, 0.717) is 12.8 Å². The first-order chi connectivity index (χ1) is 15.6. The number of hydrogen-bond acceptors (Lipinski definition) is 6. The zero-order chi connectivity index (χ0) is 26.0. The Kier molecular flexibility index (Phi) is 12.0. The molecule has 0 aromatic rings. The Morgan fingerprint density at radius 3 is 1.88 bits per heavy atom. The minimum Gasteiger partial charge on any atom is -0.353 e. The van der Waals surface area contributed by atoms with Gasteiger partial charge in [0.2, 0.25) is 5.91 Å². The lowest BCUT2D eigenvalue weighted by molar-refractivity contribution is -0.318. The Bertz CT molecular complexity index is 769. The van der Waals surface area contributed by atoms with Crippen molar-refractivity contribution < 1.29 is 22.6 Å². The molecule has 1 saturated heterocycles. The van der Waals surface area contributed by atoms with E-state index in [-0.39, 0.29) is 28.8 Å². The fourth-order valence-corrected chi connectivity index (χ4v) is 5.54. The molecule has 34 heavy (non-hydrogen) atoms. The van der Waals surface area contributed by atoms with Crippen molar-refractivity contribution in [3.8, 4) is 6.07 Å². The van der Waals surface area contributed by atoms with Gasteiger partial charge in [-0.25, -0.2) is 0 Å². The number of nitriles is 1. The molecule has 1 rings (SSSR count). The number of carbonyl (C=O) groups is 1. The molecule has 0 radical (unpaired) electrons. The van der Waals surface area contributed by atoms with E-state index in [1.807, 2.05) is 5.06 Å². The van der Waals surface area contributed by atoms with Crippen molar-refractivity contribution >= 4 is 16.0 Å². The monoisotopic (exact) mass is 501 g/mol. The lowest BCUT2D eigenvalue weighted by Gasteiger charge is -2.55. The van der Waals surface area contributed by atoms with Crippen LogP contribution in [0.4, 0.5) is 0 Å². The first-order valence-corrected chi connectivity index (χ1v) is 14.3. The number of carbonyl (C=O) groups excluding carboxylic acids is 1. The van der Waals surface area contributed by atoms with Crippen LogP contribution >= 0.6 is 0 Å². The molecule has 8 nitrogen and oxygen atoms in total. The number of amides is 1. The predicted molar refractivity (Wildman–Crippen MR) is 135 cm³/mol. The second-order valence-electron chi connectivity index (χ2n) is 11.5. The van der Waals surface area contributed by atoms with Crippen LogP contribution in [0, 0.1) is 11.3 Å².